The number of aromatic nitrogens is 2. The van der Waals surface area contributed by atoms with E-state index in [1.807, 2.05) is 29.2 Å². The predicted octanol–water partition coefficient (Wildman–Crippen LogP) is 3.81. The largest absolute Gasteiger partial charge is 0.497 e. The lowest BCUT2D eigenvalue weighted by Crippen LogP contribution is -2.45. The van der Waals surface area contributed by atoms with E-state index in [2.05, 4.69) is 10.2 Å². The lowest BCUT2D eigenvalue weighted by atomic mass is 9.93. The van der Waals surface area contributed by atoms with Gasteiger partial charge < -0.3 is 9.64 Å². The van der Waals surface area contributed by atoms with Gasteiger partial charge in [-0.25, -0.2) is 4.39 Å². The van der Waals surface area contributed by atoms with Gasteiger partial charge in [-0.3, -0.25) is 9.89 Å². The minimum atomic E-state index is -0.353. The van der Waals surface area contributed by atoms with E-state index >= 15 is 0 Å². The molecule has 0 bridgehead atoms. The molecule has 0 unspecified atom stereocenters. The molecule has 26 heavy (non-hydrogen) atoms. The van der Waals surface area contributed by atoms with E-state index in [9.17, 15) is 9.18 Å². The summed E-state index contributed by atoms with van der Waals surface area (Å²) < 4.78 is 18.8. The molecule has 1 fully saturated rings. The maximum atomic E-state index is 13.5. The molecule has 2 aromatic carbocycles. The first-order valence-corrected chi connectivity index (χ1v) is 8.41. The summed E-state index contributed by atoms with van der Waals surface area (Å²) in [4.78, 5) is 14.9. The van der Waals surface area contributed by atoms with Crippen molar-refractivity contribution in [2.24, 2.45) is 0 Å². The average molecular weight is 351 g/mol. The first-order valence-electron chi connectivity index (χ1n) is 8.41. The van der Waals surface area contributed by atoms with Crippen molar-refractivity contribution >= 4 is 5.91 Å². The SMILES string of the molecule is COc1cccc([C@H]2CCN2C(=O)c2cn[nH]c2-c2cccc(F)c2)c1. The maximum Gasteiger partial charge on any atom is 0.258 e. The van der Waals surface area contributed by atoms with Crippen LogP contribution in [0.3, 0.4) is 0 Å². The minimum absolute atomic E-state index is 0.00728. The Morgan fingerprint density at radius 1 is 1.27 bits per heavy atom. The van der Waals surface area contributed by atoms with E-state index in [4.69, 9.17) is 4.74 Å². The van der Waals surface area contributed by atoms with Crippen LogP contribution in [0.4, 0.5) is 4.39 Å². The second kappa shape index (κ2) is 6.63. The third-order valence-corrected chi connectivity index (χ3v) is 4.74. The molecule has 2 heterocycles. The monoisotopic (exact) mass is 351 g/mol. The summed E-state index contributed by atoms with van der Waals surface area (Å²) in [6, 6.07) is 13.9. The Balaban J connectivity index is 1.62. The number of ether oxygens (including phenoxy) is 1. The highest BCUT2D eigenvalue weighted by atomic mass is 19.1. The Labute approximate surface area is 150 Å². The average Bonchev–Trinajstić information content (AvgIpc) is 3.11. The van der Waals surface area contributed by atoms with Crippen LogP contribution >= 0.6 is 0 Å². The summed E-state index contributed by atoms with van der Waals surface area (Å²) in [5.74, 6) is 0.302. The number of hydrogen-bond acceptors (Lipinski definition) is 3. The molecule has 1 N–H and O–H groups in total. The topological polar surface area (TPSA) is 58.2 Å². The summed E-state index contributed by atoms with van der Waals surface area (Å²) in [6.45, 7) is 0.675. The van der Waals surface area contributed by atoms with Gasteiger partial charge >= 0.3 is 0 Å². The van der Waals surface area contributed by atoms with Gasteiger partial charge in [0.15, 0.2) is 0 Å². The van der Waals surface area contributed by atoms with E-state index < -0.39 is 0 Å². The van der Waals surface area contributed by atoms with E-state index in [0.29, 0.717) is 23.4 Å². The van der Waals surface area contributed by atoms with Crippen molar-refractivity contribution in [1.29, 1.82) is 0 Å². The quantitative estimate of drug-likeness (QED) is 0.778. The normalized spacial score (nSPS) is 16.2. The molecule has 1 aliphatic rings. The van der Waals surface area contributed by atoms with Crippen LogP contribution in [0.25, 0.3) is 11.3 Å². The number of carbonyl (C=O) groups excluding carboxylic acids is 1. The van der Waals surface area contributed by atoms with Crippen molar-refractivity contribution in [1.82, 2.24) is 15.1 Å². The van der Waals surface area contributed by atoms with Gasteiger partial charge in [-0.05, 0) is 36.2 Å². The van der Waals surface area contributed by atoms with Crippen LogP contribution in [0.1, 0.15) is 28.4 Å². The highest BCUT2D eigenvalue weighted by molar-refractivity contribution is 6.00. The molecule has 5 nitrogen and oxygen atoms in total. The van der Waals surface area contributed by atoms with Gasteiger partial charge in [-0.2, -0.15) is 5.10 Å². The van der Waals surface area contributed by atoms with Crippen molar-refractivity contribution < 1.29 is 13.9 Å². The van der Waals surface area contributed by atoms with E-state index in [1.54, 1.807) is 19.2 Å². The van der Waals surface area contributed by atoms with E-state index in [1.165, 1.54) is 18.3 Å². The van der Waals surface area contributed by atoms with E-state index in [-0.39, 0.29) is 17.8 Å². The molecule has 1 aromatic heterocycles. The number of nitrogens with one attached hydrogen (secondary N) is 1. The van der Waals surface area contributed by atoms with Gasteiger partial charge in [0, 0.05) is 12.1 Å². The zero-order valence-corrected chi connectivity index (χ0v) is 14.3. The molecule has 1 aliphatic heterocycles. The van der Waals surface area contributed by atoms with Crippen molar-refractivity contribution in [3.63, 3.8) is 0 Å². The first kappa shape index (κ1) is 16.3. The molecular formula is C20H18FN3O2. The van der Waals surface area contributed by atoms with Crippen molar-refractivity contribution in [3.05, 3.63) is 71.7 Å². The molecular weight excluding hydrogens is 333 g/mol. The molecule has 1 amide bonds. The van der Waals surface area contributed by atoms with Crippen LogP contribution in [0.2, 0.25) is 0 Å². The third-order valence-electron chi connectivity index (χ3n) is 4.74. The van der Waals surface area contributed by atoms with Gasteiger partial charge in [0.25, 0.3) is 5.91 Å². The van der Waals surface area contributed by atoms with Gasteiger partial charge in [0.1, 0.15) is 11.6 Å². The van der Waals surface area contributed by atoms with Crippen LogP contribution in [0.15, 0.2) is 54.7 Å². The molecule has 0 radical (unpaired) electrons. The second-order valence-corrected chi connectivity index (χ2v) is 6.25. The Morgan fingerprint density at radius 2 is 2.12 bits per heavy atom. The van der Waals surface area contributed by atoms with Crippen molar-refractivity contribution in [2.45, 2.75) is 12.5 Å². The predicted molar refractivity (Wildman–Crippen MR) is 95.4 cm³/mol. The fraction of sp³-hybridized carbons (Fsp3) is 0.200. The fourth-order valence-corrected chi connectivity index (χ4v) is 3.29. The molecule has 1 atom stereocenters. The summed E-state index contributed by atoms with van der Waals surface area (Å²) >= 11 is 0. The van der Waals surface area contributed by atoms with Crippen LogP contribution in [-0.2, 0) is 0 Å². The lowest BCUT2D eigenvalue weighted by Gasteiger charge is -2.41. The Hall–Kier alpha value is -3.15. The standard InChI is InChI=1S/C20H18FN3O2/c1-26-16-7-3-4-13(11-16)18-8-9-24(18)20(25)17-12-22-23-19(17)14-5-2-6-15(21)10-14/h2-7,10-12,18H,8-9H2,1H3,(H,22,23)/t18-/m1/s1. The van der Waals surface area contributed by atoms with Crippen molar-refractivity contribution in [2.75, 3.05) is 13.7 Å². The number of methoxy groups -OCH3 is 1. The van der Waals surface area contributed by atoms with Gasteiger partial charge in [0.05, 0.1) is 30.6 Å². The highest BCUT2D eigenvalue weighted by Crippen LogP contribution is 2.37. The Morgan fingerprint density at radius 3 is 2.85 bits per heavy atom. The zero-order chi connectivity index (χ0) is 18.1. The molecule has 4 rings (SSSR count). The molecule has 6 heteroatoms. The van der Waals surface area contributed by atoms with Crippen LogP contribution in [0.5, 0.6) is 5.75 Å². The second-order valence-electron chi connectivity index (χ2n) is 6.25. The smallest absolute Gasteiger partial charge is 0.258 e. The Bertz CT molecular complexity index is 953. The lowest BCUT2D eigenvalue weighted by molar-refractivity contribution is 0.0461. The van der Waals surface area contributed by atoms with Gasteiger partial charge in [0.2, 0.25) is 0 Å². The number of hydrogen-bond donors (Lipinski definition) is 1. The zero-order valence-electron chi connectivity index (χ0n) is 14.3. The summed E-state index contributed by atoms with van der Waals surface area (Å²) in [6.07, 6.45) is 2.40. The highest BCUT2D eigenvalue weighted by Gasteiger charge is 2.35. The van der Waals surface area contributed by atoms with Gasteiger partial charge in [-0.1, -0.05) is 24.3 Å². The number of likely N-dealkylation sites (tertiary alicyclic amines) is 1. The van der Waals surface area contributed by atoms with Crippen LogP contribution in [-0.4, -0.2) is 34.7 Å². The number of H-pyrrole nitrogens is 1. The molecule has 0 saturated carbocycles. The third kappa shape index (κ3) is 2.83. The van der Waals surface area contributed by atoms with E-state index in [0.717, 1.165) is 17.7 Å². The van der Waals surface area contributed by atoms with Crippen LogP contribution in [0, 0.1) is 5.82 Å². The summed E-state index contributed by atoms with van der Waals surface area (Å²) in [7, 11) is 1.62. The molecule has 1 saturated heterocycles. The first-order chi connectivity index (χ1) is 12.7. The summed E-state index contributed by atoms with van der Waals surface area (Å²) in [5.41, 5.74) is 2.62. The van der Waals surface area contributed by atoms with Crippen molar-refractivity contribution in [3.8, 4) is 17.0 Å². The maximum absolute atomic E-state index is 13.5. The molecule has 3 aromatic rings. The number of nitrogens with zero attached hydrogens (tertiary/aromatic N) is 2. The van der Waals surface area contributed by atoms with Gasteiger partial charge in [-0.15, -0.1) is 0 Å². The molecule has 0 spiro atoms. The number of aromatic amines is 1. The molecule has 132 valence electrons. The number of rotatable bonds is 4. The number of amides is 1. The molecule has 0 aliphatic carbocycles. The number of benzene rings is 2. The minimum Gasteiger partial charge on any atom is -0.497 e. The fourth-order valence-electron chi connectivity index (χ4n) is 3.29. The Kier molecular flexibility index (Phi) is 4.16. The van der Waals surface area contributed by atoms with Crippen LogP contribution < -0.4 is 4.74 Å². The summed E-state index contributed by atoms with van der Waals surface area (Å²) in [5, 5.41) is 6.82. The number of carbonyl (C=O) groups is 1. The number of halogens is 1.